The molecule has 148 valence electrons. The molecule has 2 aromatic heterocycles. The number of rotatable bonds is 6. The summed E-state index contributed by atoms with van der Waals surface area (Å²) in [7, 11) is 0. The minimum atomic E-state index is -0.0443. The number of oxazole rings is 1. The molecule has 7 heteroatoms. The maximum atomic E-state index is 12.5. The summed E-state index contributed by atoms with van der Waals surface area (Å²) in [4.78, 5) is 30.8. The zero-order valence-electron chi connectivity index (χ0n) is 15.8. The highest BCUT2D eigenvalue weighted by molar-refractivity contribution is 7.08. The van der Waals surface area contributed by atoms with Crippen molar-refractivity contribution in [2.24, 2.45) is 11.8 Å². The summed E-state index contributed by atoms with van der Waals surface area (Å²) in [5.41, 5.74) is 3.20. The van der Waals surface area contributed by atoms with Crippen LogP contribution in [-0.2, 0) is 17.8 Å². The summed E-state index contributed by atoms with van der Waals surface area (Å²) in [5, 5.41) is 6.88. The smallest absolute Gasteiger partial charge is 0.275 e. The van der Waals surface area contributed by atoms with Gasteiger partial charge in [0.2, 0.25) is 11.8 Å². The molecule has 3 heterocycles. The molecular weight excluding hydrogens is 386 g/mol. The lowest BCUT2D eigenvalue weighted by molar-refractivity contribution is -0.120. The van der Waals surface area contributed by atoms with Gasteiger partial charge in [-0.15, -0.1) is 0 Å². The Labute approximate surface area is 172 Å². The van der Waals surface area contributed by atoms with Crippen molar-refractivity contribution in [2.45, 2.75) is 19.4 Å². The van der Waals surface area contributed by atoms with Gasteiger partial charge in [-0.1, -0.05) is 12.1 Å². The number of carbonyl (C=O) groups is 2. The van der Waals surface area contributed by atoms with E-state index in [4.69, 9.17) is 4.42 Å². The number of likely N-dealkylation sites (tertiary alicyclic amines) is 1. The van der Waals surface area contributed by atoms with E-state index in [-0.39, 0.29) is 11.8 Å². The van der Waals surface area contributed by atoms with E-state index < -0.39 is 0 Å². The molecule has 2 atom stereocenters. The van der Waals surface area contributed by atoms with Gasteiger partial charge in [-0.2, -0.15) is 11.3 Å². The van der Waals surface area contributed by atoms with Gasteiger partial charge in [0.25, 0.3) is 5.91 Å². The topological polar surface area (TPSA) is 75.4 Å². The second kappa shape index (κ2) is 7.48. The minimum absolute atomic E-state index is 0.00267. The first kappa shape index (κ1) is 18.1. The number of benzene rings is 1. The number of thiophene rings is 1. The van der Waals surface area contributed by atoms with E-state index in [1.807, 2.05) is 46.0 Å². The molecular formula is C22H21N3O3S. The Balaban J connectivity index is 1.17. The number of carbonyl (C=O) groups excluding carboxylic acids is 2. The minimum Gasteiger partial charge on any atom is -0.444 e. The van der Waals surface area contributed by atoms with Crippen molar-refractivity contribution < 1.29 is 14.0 Å². The number of fused-ring (bicyclic) bond motifs is 1. The van der Waals surface area contributed by atoms with Crippen LogP contribution >= 0.6 is 11.3 Å². The van der Waals surface area contributed by atoms with Gasteiger partial charge in [0, 0.05) is 25.2 Å². The lowest BCUT2D eigenvalue weighted by atomic mass is 10.1. The molecule has 1 aliphatic carbocycles. The summed E-state index contributed by atoms with van der Waals surface area (Å²) >= 11 is 1.59. The fourth-order valence-corrected chi connectivity index (χ4v) is 4.51. The normalized spacial score (nSPS) is 19.8. The monoisotopic (exact) mass is 407 g/mol. The van der Waals surface area contributed by atoms with Gasteiger partial charge in [-0.3, -0.25) is 9.59 Å². The van der Waals surface area contributed by atoms with Crippen molar-refractivity contribution in [3.63, 3.8) is 0 Å². The first-order valence-electron chi connectivity index (χ1n) is 9.77. The van der Waals surface area contributed by atoms with Crippen LogP contribution in [0.3, 0.4) is 0 Å². The molecule has 2 unspecified atom stereocenters. The maximum Gasteiger partial charge on any atom is 0.275 e. The molecule has 6 nitrogen and oxygen atoms in total. The molecule has 1 aromatic carbocycles. The van der Waals surface area contributed by atoms with E-state index in [0.29, 0.717) is 36.4 Å². The van der Waals surface area contributed by atoms with Crippen LogP contribution in [-0.4, -0.2) is 34.8 Å². The van der Waals surface area contributed by atoms with Crippen molar-refractivity contribution in [2.75, 3.05) is 13.1 Å². The third kappa shape index (κ3) is 3.96. The van der Waals surface area contributed by atoms with E-state index in [9.17, 15) is 9.59 Å². The van der Waals surface area contributed by atoms with Gasteiger partial charge in [0.05, 0.1) is 6.42 Å². The number of nitrogens with one attached hydrogen (secondary N) is 1. The van der Waals surface area contributed by atoms with Gasteiger partial charge >= 0.3 is 0 Å². The number of nitrogens with zero attached hydrogens (tertiary/aromatic N) is 2. The number of amides is 2. The zero-order valence-corrected chi connectivity index (χ0v) is 16.7. The number of aromatic nitrogens is 1. The summed E-state index contributed by atoms with van der Waals surface area (Å²) in [6.45, 7) is 2.16. The van der Waals surface area contributed by atoms with Crippen LogP contribution in [0.15, 0.2) is 51.8 Å². The average Bonchev–Trinajstić information content (AvgIpc) is 3.20. The van der Waals surface area contributed by atoms with Gasteiger partial charge < -0.3 is 14.6 Å². The van der Waals surface area contributed by atoms with Crippen LogP contribution in [0.5, 0.6) is 0 Å². The van der Waals surface area contributed by atoms with Crippen molar-refractivity contribution in [1.82, 2.24) is 15.2 Å². The Hall–Kier alpha value is -2.93. The highest BCUT2D eigenvalue weighted by atomic mass is 32.1. The zero-order chi connectivity index (χ0) is 19.8. The third-order valence-corrected chi connectivity index (χ3v) is 6.36. The third-order valence-electron chi connectivity index (χ3n) is 5.62. The standard InChI is InChI=1S/C22H21N3O3S/c26-20(7-15-5-6-29-13-15)23-9-14-1-3-16(4-2-14)21-24-19(12-28-21)22(27)25-10-17-8-18(17)11-25/h1-6,12-13,17-18H,7-11H2,(H,23,26). The highest BCUT2D eigenvalue weighted by Crippen LogP contribution is 2.45. The summed E-state index contributed by atoms with van der Waals surface area (Å²) < 4.78 is 5.54. The molecule has 1 saturated heterocycles. The molecule has 1 saturated carbocycles. The average molecular weight is 407 g/mol. The van der Waals surface area contributed by atoms with Gasteiger partial charge in [0.1, 0.15) is 6.26 Å². The lowest BCUT2D eigenvalue weighted by Crippen LogP contribution is -2.30. The lowest BCUT2D eigenvalue weighted by Gasteiger charge is -2.15. The molecule has 2 fully saturated rings. The molecule has 0 spiro atoms. The van der Waals surface area contributed by atoms with Crippen LogP contribution < -0.4 is 5.32 Å². The maximum absolute atomic E-state index is 12.5. The molecule has 5 rings (SSSR count). The summed E-state index contributed by atoms with van der Waals surface area (Å²) in [5.74, 6) is 1.79. The fraction of sp³-hybridized carbons (Fsp3) is 0.318. The van der Waals surface area contributed by atoms with Crippen LogP contribution in [0, 0.1) is 11.8 Å². The van der Waals surface area contributed by atoms with E-state index in [0.717, 1.165) is 29.8 Å². The van der Waals surface area contributed by atoms with Crippen LogP contribution in [0.4, 0.5) is 0 Å². The molecule has 0 bridgehead atoms. The first-order valence-corrected chi connectivity index (χ1v) is 10.7. The van der Waals surface area contributed by atoms with Crippen molar-refractivity contribution in [3.05, 3.63) is 64.2 Å². The molecule has 2 amide bonds. The van der Waals surface area contributed by atoms with Crippen molar-refractivity contribution >= 4 is 23.2 Å². The largest absolute Gasteiger partial charge is 0.444 e. The summed E-state index contributed by atoms with van der Waals surface area (Å²) in [6.07, 6.45) is 3.10. The number of hydrogen-bond donors (Lipinski definition) is 1. The Kier molecular flexibility index (Phi) is 4.67. The Morgan fingerprint density at radius 2 is 1.93 bits per heavy atom. The molecule has 3 aromatic rings. The Bertz CT molecular complexity index is 1020. The highest BCUT2D eigenvalue weighted by Gasteiger charge is 2.47. The van der Waals surface area contributed by atoms with Crippen molar-refractivity contribution in [3.8, 4) is 11.5 Å². The van der Waals surface area contributed by atoms with E-state index in [1.165, 1.54) is 12.7 Å². The van der Waals surface area contributed by atoms with E-state index in [1.54, 1.807) is 11.3 Å². The first-order chi connectivity index (χ1) is 14.2. The summed E-state index contributed by atoms with van der Waals surface area (Å²) in [6, 6.07) is 9.61. The number of piperidine rings is 1. The molecule has 0 radical (unpaired) electrons. The second-order valence-corrected chi connectivity index (χ2v) is 8.57. The van der Waals surface area contributed by atoms with Crippen LogP contribution in [0.1, 0.15) is 28.0 Å². The Morgan fingerprint density at radius 3 is 2.66 bits per heavy atom. The van der Waals surface area contributed by atoms with E-state index >= 15 is 0 Å². The molecule has 1 aliphatic heterocycles. The van der Waals surface area contributed by atoms with Crippen LogP contribution in [0.2, 0.25) is 0 Å². The Morgan fingerprint density at radius 1 is 1.14 bits per heavy atom. The van der Waals surface area contributed by atoms with Gasteiger partial charge in [-0.25, -0.2) is 4.98 Å². The molecule has 1 N–H and O–H groups in total. The second-order valence-electron chi connectivity index (χ2n) is 7.79. The van der Waals surface area contributed by atoms with Gasteiger partial charge in [-0.05, 0) is 58.3 Å². The molecule has 29 heavy (non-hydrogen) atoms. The van der Waals surface area contributed by atoms with Crippen LogP contribution in [0.25, 0.3) is 11.5 Å². The SMILES string of the molecule is O=C(Cc1ccsc1)NCc1ccc(-c2nc(C(=O)N3CC4CC4C3)co2)cc1. The quantitative estimate of drug-likeness (QED) is 0.680. The predicted octanol–water partition coefficient (Wildman–Crippen LogP) is 3.35. The van der Waals surface area contributed by atoms with E-state index in [2.05, 4.69) is 10.3 Å². The van der Waals surface area contributed by atoms with Gasteiger partial charge in [0.15, 0.2) is 5.69 Å². The van der Waals surface area contributed by atoms with Crippen molar-refractivity contribution in [1.29, 1.82) is 0 Å². The number of hydrogen-bond acceptors (Lipinski definition) is 5. The predicted molar refractivity (Wildman–Crippen MR) is 109 cm³/mol. The fourth-order valence-electron chi connectivity index (χ4n) is 3.84. The molecule has 2 aliphatic rings.